The first-order valence-electron chi connectivity index (χ1n) is 10.1. The molecule has 0 spiro atoms. The lowest BCUT2D eigenvalue weighted by atomic mass is 10.2. The summed E-state index contributed by atoms with van der Waals surface area (Å²) in [6.07, 6.45) is 3.13. The number of halogens is 1. The van der Waals surface area contributed by atoms with E-state index in [1.807, 2.05) is 30.3 Å². The Kier molecular flexibility index (Phi) is 8.86. The van der Waals surface area contributed by atoms with E-state index in [1.165, 1.54) is 17.4 Å². The average molecular weight is 487 g/mol. The molecule has 1 heterocycles. The zero-order chi connectivity index (χ0) is 23.6. The molecule has 172 valence electrons. The standard InChI is InChI=1S/C24H23ClN2O5S/c1-3-31-23(29)13-19-15-33-24(26-19)27-22(28)11-7-16-6-10-20(21(12-16)30-2)32-14-17-4-8-18(25)9-5-17/h4-12,15H,3,13-14H2,1-2H3,(H,26,27,28). The third-order valence-electron chi connectivity index (χ3n) is 4.34. The van der Waals surface area contributed by atoms with E-state index in [1.54, 1.807) is 37.6 Å². The third kappa shape index (κ3) is 7.62. The number of aromatic nitrogens is 1. The number of nitrogens with zero attached hydrogens (tertiary/aromatic N) is 1. The van der Waals surface area contributed by atoms with Crippen LogP contribution in [0.3, 0.4) is 0 Å². The normalized spacial score (nSPS) is 10.8. The SMILES string of the molecule is CCOC(=O)Cc1csc(NC(=O)C=Cc2ccc(OCc3ccc(Cl)cc3)c(OC)c2)n1. The van der Waals surface area contributed by atoms with Gasteiger partial charge >= 0.3 is 5.97 Å². The summed E-state index contributed by atoms with van der Waals surface area (Å²) in [7, 11) is 1.56. The van der Waals surface area contributed by atoms with Gasteiger partial charge in [0.1, 0.15) is 6.61 Å². The number of carbonyl (C=O) groups is 2. The van der Waals surface area contributed by atoms with Crippen LogP contribution in [0.15, 0.2) is 53.9 Å². The monoisotopic (exact) mass is 486 g/mol. The second-order valence-corrected chi connectivity index (χ2v) is 8.07. The van der Waals surface area contributed by atoms with Gasteiger partial charge in [0, 0.05) is 16.5 Å². The molecule has 33 heavy (non-hydrogen) atoms. The minimum atomic E-state index is -0.352. The van der Waals surface area contributed by atoms with Crippen LogP contribution in [-0.4, -0.2) is 30.6 Å². The lowest BCUT2D eigenvalue weighted by molar-refractivity contribution is -0.142. The van der Waals surface area contributed by atoms with Crippen LogP contribution < -0.4 is 14.8 Å². The number of methoxy groups -OCH3 is 1. The van der Waals surface area contributed by atoms with Gasteiger partial charge in [0.25, 0.3) is 0 Å². The predicted molar refractivity (Wildman–Crippen MR) is 129 cm³/mol. The highest BCUT2D eigenvalue weighted by Crippen LogP contribution is 2.29. The molecule has 0 bridgehead atoms. The van der Waals surface area contributed by atoms with Gasteiger partial charge in [-0.1, -0.05) is 29.8 Å². The maximum Gasteiger partial charge on any atom is 0.311 e. The molecule has 3 aromatic rings. The number of rotatable bonds is 10. The second-order valence-electron chi connectivity index (χ2n) is 6.77. The zero-order valence-corrected chi connectivity index (χ0v) is 19.7. The molecule has 0 aliphatic rings. The van der Waals surface area contributed by atoms with Crippen molar-refractivity contribution >= 4 is 46.0 Å². The van der Waals surface area contributed by atoms with E-state index in [9.17, 15) is 9.59 Å². The first-order valence-corrected chi connectivity index (χ1v) is 11.4. The van der Waals surface area contributed by atoms with Gasteiger partial charge in [0.2, 0.25) is 5.91 Å². The summed E-state index contributed by atoms with van der Waals surface area (Å²) in [5.41, 5.74) is 2.30. The van der Waals surface area contributed by atoms with E-state index in [-0.39, 0.29) is 18.3 Å². The third-order valence-corrected chi connectivity index (χ3v) is 5.39. The number of hydrogen-bond acceptors (Lipinski definition) is 7. The highest BCUT2D eigenvalue weighted by molar-refractivity contribution is 7.14. The van der Waals surface area contributed by atoms with E-state index < -0.39 is 0 Å². The maximum absolute atomic E-state index is 12.2. The summed E-state index contributed by atoms with van der Waals surface area (Å²) in [6.45, 7) is 2.43. The maximum atomic E-state index is 12.2. The highest BCUT2D eigenvalue weighted by atomic mass is 35.5. The van der Waals surface area contributed by atoms with Crippen molar-refractivity contribution in [2.75, 3.05) is 19.0 Å². The van der Waals surface area contributed by atoms with Crippen LogP contribution in [0.25, 0.3) is 6.08 Å². The molecule has 0 aliphatic carbocycles. The second kappa shape index (κ2) is 12.0. The van der Waals surface area contributed by atoms with Crippen LogP contribution in [0.1, 0.15) is 23.7 Å². The molecule has 0 radical (unpaired) electrons. The smallest absolute Gasteiger partial charge is 0.311 e. The summed E-state index contributed by atoms with van der Waals surface area (Å²) in [6, 6.07) is 12.8. The molecule has 1 amide bonds. The number of ether oxygens (including phenoxy) is 3. The van der Waals surface area contributed by atoms with Gasteiger partial charge in [-0.05, 0) is 48.4 Å². The van der Waals surface area contributed by atoms with Gasteiger partial charge in [-0.15, -0.1) is 11.3 Å². The van der Waals surface area contributed by atoms with Crippen LogP contribution in [0.2, 0.25) is 5.02 Å². The molecule has 2 aromatic carbocycles. The van der Waals surface area contributed by atoms with E-state index >= 15 is 0 Å². The fourth-order valence-corrected chi connectivity index (χ4v) is 3.61. The van der Waals surface area contributed by atoms with Crippen molar-refractivity contribution in [1.82, 2.24) is 4.98 Å². The average Bonchev–Trinajstić information content (AvgIpc) is 3.24. The number of nitrogens with one attached hydrogen (secondary N) is 1. The Balaban J connectivity index is 1.56. The molecule has 0 saturated carbocycles. The van der Waals surface area contributed by atoms with Gasteiger partial charge in [0.05, 0.1) is 25.8 Å². The molecule has 9 heteroatoms. The molecule has 0 saturated heterocycles. The topological polar surface area (TPSA) is 86.8 Å². The van der Waals surface area contributed by atoms with Crippen molar-refractivity contribution in [1.29, 1.82) is 0 Å². The van der Waals surface area contributed by atoms with E-state index in [0.29, 0.717) is 40.6 Å². The van der Waals surface area contributed by atoms with Crippen molar-refractivity contribution in [2.24, 2.45) is 0 Å². The number of benzene rings is 2. The summed E-state index contributed by atoms with van der Waals surface area (Å²) in [5.74, 6) is 0.449. The highest BCUT2D eigenvalue weighted by Gasteiger charge is 2.10. The number of amides is 1. The molecule has 0 unspecified atom stereocenters. The van der Waals surface area contributed by atoms with Crippen LogP contribution in [0.4, 0.5) is 5.13 Å². The molecular weight excluding hydrogens is 464 g/mol. The first kappa shape index (κ1) is 24.3. The van der Waals surface area contributed by atoms with E-state index in [0.717, 1.165) is 11.1 Å². The van der Waals surface area contributed by atoms with Crippen LogP contribution in [-0.2, 0) is 27.4 Å². The summed E-state index contributed by atoms with van der Waals surface area (Å²) >= 11 is 7.15. The fourth-order valence-electron chi connectivity index (χ4n) is 2.77. The van der Waals surface area contributed by atoms with Gasteiger partial charge in [0.15, 0.2) is 16.6 Å². The number of esters is 1. The van der Waals surface area contributed by atoms with Gasteiger partial charge < -0.3 is 14.2 Å². The Bertz CT molecular complexity index is 1130. The van der Waals surface area contributed by atoms with Crippen LogP contribution in [0, 0.1) is 0 Å². The minimum absolute atomic E-state index is 0.0717. The quantitative estimate of drug-likeness (QED) is 0.315. The van der Waals surface area contributed by atoms with E-state index in [2.05, 4.69) is 10.3 Å². The largest absolute Gasteiger partial charge is 0.493 e. The molecule has 0 fully saturated rings. The Labute approximate surface area is 201 Å². The fraction of sp³-hybridized carbons (Fsp3) is 0.208. The van der Waals surface area contributed by atoms with Crippen LogP contribution in [0.5, 0.6) is 11.5 Å². The van der Waals surface area contributed by atoms with Crippen molar-refractivity contribution < 1.29 is 23.8 Å². The number of carbonyl (C=O) groups excluding carboxylic acids is 2. The molecule has 3 rings (SSSR count). The van der Waals surface area contributed by atoms with Gasteiger partial charge in [-0.25, -0.2) is 4.98 Å². The predicted octanol–water partition coefficient (Wildman–Crippen LogP) is 5.14. The molecule has 1 N–H and O–H groups in total. The lowest BCUT2D eigenvalue weighted by Crippen LogP contribution is -2.09. The Morgan fingerprint density at radius 1 is 1.15 bits per heavy atom. The van der Waals surface area contributed by atoms with Crippen molar-refractivity contribution in [3.05, 3.63) is 75.8 Å². The van der Waals surface area contributed by atoms with Gasteiger partial charge in [-0.2, -0.15) is 0 Å². The number of thiazole rings is 1. The molecular formula is C24H23ClN2O5S. The van der Waals surface area contributed by atoms with Crippen molar-refractivity contribution in [2.45, 2.75) is 20.0 Å². The molecule has 1 aromatic heterocycles. The number of anilines is 1. The summed E-state index contributed by atoms with van der Waals surface area (Å²) in [4.78, 5) is 28.0. The minimum Gasteiger partial charge on any atom is -0.493 e. The summed E-state index contributed by atoms with van der Waals surface area (Å²) < 4.78 is 16.2. The van der Waals surface area contributed by atoms with E-state index in [4.69, 9.17) is 25.8 Å². The molecule has 0 aliphatic heterocycles. The van der Waals surface area contributed by atoms with Crippen molar-refractivity contribution in [3.63, 3.8) is 0 Å². The first-order chi connectivity index (χ1) is 16.0. The van der Waals surface area contributed by atoms with Crippen LogP contribution >= 0.6 is 22.9 Å². The Morgan fingerprint density at radius 2 is 1.94 bits per heavy atom. The number of hydrogen-bond donors (Lipinski definition) is 1. The lowest BCUT2D eigenvalue weighted by Gasteiger charge is -2.11. The van der Waals surface area contributed by atoms with Gasteiger partial charge in [-0.3, -0.25) is 14.9 Å². The Hall–Kier alpha value is -3.36. The summed E-state index contributed by atoms with van der Waals surface area (Å²) in [5, 5.41) is 5.48. The Morgan fingerprint density at radius 3 is 2.67 bits per heavy atom. The van der Waals surface area contributed by atoms with Crippen molar-refractivity contribution in [3.8, 4) is 11.5 Å². The molecule has 0 atom stereocenters. The molecule has 7 nitrogen and oxygen atoms in total. The zero-order valence-electron chi connectivity index (χ0n) is 18.2.